The average Bonchev–Trinajstić information content (AvgIpc) is 2.37. The summed E-state index contributed by atoms with van der Waals surface area (Å²) < 4.78 is 45.9. The fraction of sp³-hybridized carbons (Fsp3) is 0.462. The third-order valence-electron chi connectivity index (χ3n) is 3.28. The first-order chi connectivity index (χ1) is 9.79. The summed E-state index contributed by atoms with van der Waals surface area (Å²) in [4.78, 5) is 10.2. The predicted molar refractivity (Wildman–Crippen MR) is 72.1 cm³/mol. The molecule has 1 heterocycles. The van der Waals surface area contributed by atoms with Gasteiger partial charge in [0.2, 0.25) is 10.0 Å². The van der Waals surface area contributed by atoms with Crippen molar-refractivity contribution in [3.63, 3.8) is 0 Å². The zero-order valence-corrected chi connectivity index (χ0v) is 12.2. The molecule has 0 aromatic heterocycles. The van der Waals surface area contributed by atoms with Crippen LogP contribution in [0.15, 0.2) is 23.1 Å². The zero-order chi connectivity index (χ0) is 15.6. The van der Waals surface area contributed by atoms with E-state index in [2.05, 4.69) is 4.72 Å². The molecule has 8 heteroatoms. The second kappa shape index (κ2) is 6.08. The maximum atomic E-state index is 13.8. The number of ether oxygens (including phenoxy) is 1. The lowest BCUT2D eigenvalue weighted by molar-refractivity contribution is 0.0173. The van der Waals surface area contributed by atoms with E-state index in [1.807, 2.05) is 6.92 Å². The van der Waals surface area contributed by atoms with Crippen LogP contribution >= 0.6 is 0 Å². The molecule has 2 N–H and O–H groups in total. The van der Waals surface area contributed by atoms with Crippen LogP contribution in [0.25, 0.3) is 0 Å². The number of nitrogens with one attached hydrogen (secondary N) is 1. The number of carboxylic acid groups (broad SMARTS) is 1. The number of halogens is 1. The SMILES string of the molecule is CC1CC(NS(=O)(=O)c2ccc(C(=O)O)cc2F)CCO1. The number of hydrogen-bond acceptors (Lipinski definition) is 4. The molecule has 1 aromatic carbocycles. The van der Waals surface area contributed by atoms with Gasteiger partial charge in [0, 0.05) is 12.6 Å². The Balaban J connectivity index is 2.21. The Bertz CT molecular complexity index is 646. The number of carbonyl (C=O) groups is 1. The van der Waals surface area contributed by atoms with Crippen LogP contribution in [-0.2, 0) is 14.8 Å². The molecule has 0 amide bonds. The lowest BCUT2D eigenvalue weighted by Crippen LogP contribution is -2.41. The zero-order valence-electron chi connectivity index (χ0n) is 11.4. The Kier molecular flexibility index (Phi) is 4.60. The van der Waals surface area contributed by atoms with Gasteiger partial charge in [-0.05, 0) is 38.0 Å². The van der Waals surface area contributed by atoms with Crippen molar-refractivity contribution in [3.05, 3.63) is 29.6 Å². The molecule has 0 bridgehead atoms. The summed E-state index contributed by atoms with van der Waals surface area (Å²) in [6, 6.07) is 2.40. The highest BCUT2D eigenvalue weighted by atomic mass is 32.2. The summed E-state index contributed by atoms with van der Waals surface area (Å²) in [6.07, 6.45) is 0.956. The minimum absolute atomic E-state index is 0.0642. The number of rotatable bonds is 4. The summed E-state index contributed by atoms with van der Waals surface area (Å²) in [5.41, 5.74) is -0.300. The van der Waals surface area contributed by atoms with Crippen LogP contribution in [0.3, 0.4) is 0 Å². The second-order valence-corrected chi connectivity index (χ2v) is 6.66. The predicted octanol–water partition coefficient (Wildman–Crippen LogP) is 1.37. The van der Waals surface area contributed by atoms with Crippen LogP contribution in [0.1, 0.15) is 30.1 Å². The molecule has 1 fully saturated rings. The van der Waals surface area contributed by atoms with Gasteiger partial charge >= 0.3 is 5.97 Å². The van der Waals surface area contributed by atoms with Crippen LogP contribution < -0.4 is 4.72 Å². The fourth-order valence-electron chi connectivity index (χ4n) is 2.24. The Hall–Kier alpha value is -1.51. The van der Waals surface area contributed by atoms with E-state index in [0.29, 0.717) is 25.5 Å². The Morgan fingerprint density at radius 1 is 1.48 bits per heavy atom. The van der Waals surface area contributed by atoms with E-state index in [1.165, 1.54) is 0 Å². The number of aromatic carboxylic acids is 1. The minimum Gasteiger partial charge on any atom is -0.478 e. The number of carboxylic acids is 1. The molecule has 0 spiro atoms. The summed E-state index contributed by atoms with van der Waals surface area (Å²) >= 11 is 0. The molecule has 21 heavy (non-hydrogen) atoms. The molecule has 0 saturated carbocycles. The quantitative estimate of drug-likeness (QED) is 0.875. The van der Waals surface area contributed by atoms with Crippen molar-refractivity contribution in [2.24, 2.45) is 0 Å². The Morgan fingerprint density at radius 3 is 2.76 bits per heavy atom. The number of hydrogen-bond donors (Lipinski definition) is 2. The second-order valence-electron chi connectivity index (χ2n) is 4.97. The summed E-state index contributed by atoms with van der Waals surface area (Å²) in [5, 5.41) is 8.75. The molecule has 6 nitrogen and oxygen atoms in total. The van der Waals surface area contributed by atoms with E-state index in [4.69, 9.17) is 9.84 Å². The largest absolute Gasteiger partial charge is 0.478 e. The van der Waals surface area contributed by atoms with Crippen molar-refractivity contribution in [1.29, 1.82) is 0 Å². The van der Waals surface area contributed by atoms with Gasteiger partial charge in [0.15, 0.2) is 0 Å². The van der Waals surface area contributed by atoms with Crippen molar-refractivity contribution < 1.29 is 27.4 Å². The van der Waals surface area contributed by atoms with E-state index >= 15 is 0 Å². The van der Waals surface area contributed by atoms with E-state index < -0.39 is 26.7 Å². The third kappa shape index (κ3) is 3.78. The van der Waals surface area contributed by atoms with E-state index in [-0.39, 0.29) is 17.7 Å². The average molecular weight is 317 g/mol. The molecule has 0 radical (unpaired) electrons. The molecule has 1 saturated heterocycles. The maximum absolute atomic E-state index is 13.8. The monoisotopic (exact) mass is 317 g/mol. The fourth-order valence-corrected chi connectivity index (χ4v) is 3.58. The van der Waals surface area contributed by atoms with E-state index in [9.17, 15) is 17.6 Å². The standard InChI is InChI=1S/C13H16FNO5S/c1-8-6-10(4-5-20-8)15-21(18,19)12-3-2-9(13(16)17)7-11(12)14/h2-3,7-8,10,15H,4-6H2,1H3,(H,16,17). The van der Waals surface area contributed by atoms with Crippen molar-refractivity contribution >= 4 is 16.0 Å². The van der Waals surface area contributed by atoms with Crippen LogP contribution in [0, 0.1) is 5.82 Å². The van der Waals surface area contributed by atoms with Crippen LogP contribution in [0.4, 0.5) is 4.39 Å². The molecule has 1 aliphatic heterocycles. The minimum atomic E-state index is -4.03. The topological polar surface area (TPSA) is 92.7 Å². The third-order valence-corrected chi connectivity index (χ3v) is 4.83. The van der Waals surface area contributed by atoms with Crippen LogP contribution in [0.5, 0.6) is 0 Å². The van der Waals surface area contributed by atoms with Crippen molar-refractivity contribution in [3.8, 4) is 0 Å². The lowest BCUT2D eigenvalue weighted by Gasteiger charge is -2.27. The molecule has 2 atom stereocenters. The van der Waals surface area contributed by atoms with Gasteiger partial charge < -0.3 is 9.84 Å². The Labute approximate surface area is 122 Å². The first-order valence-corrected chi connectivity index (χ1v) is 7.94. The smallest absolute Gasteiger partial charge is 0.335 e. The molecular formula is C13H16FNO5S. The molecule has 0 aliphatic carbocycles. The summed E-state index contributed by atoms with van der Waals surface area (Å²) in [7, 11) is -4.03. The lowest BCUT2D eigenvalue weighted by atomic mass is 10.1. The van der Waals surface area contributed by atoms with Gasteiger partial charge in [-0.1, -0.05) is 0 Å². The van der Waals surface area contributed by atoms with Crippen molar-refractivity contribution in [1.82, 2.24) is 4.72 Å². The van der Waals surface area contributed by atoms with Gasteiger partial charge in [-0.15, -0.1) is 0 Å². The van der Waals surface area contributed by atoms with Gasteiger partial charge in [-0.3, -0.25) is 0 Å². The Morgan fingerprint density at radius 2 is 2.19 bits per heavy atom. The highest BCUT2D eigenvalue weighted by Crippen LogP contribution is 2.20. The van der Waals surface area contributed by atoms with Crippen LogP contribution in [-0.4, -0.2) is 38.2 Å². The normalized spacial score (nSPS) is 23.0. The van der Waals surface area contributed by atoms with E-state index in [1.54, 1.807) is 0 Å². The number of sulfonamides is 1. The van der Waals surface area contributed by atoms with Crippen molar-refractivity contribution in [2.45, 2.75) is 36.8 Å². The van der Waals surface area contributed by atoms with Gasteiger partial charge in [0.05, 0.1) is 11.7 Å². The molecule has 1 aromatic rings. The highest BCUT2D eigenvalue weighted by Gasteiger charge is 2.27. The van der Waals surface area contributed by atoms with Gasteiger partial charge in [0.1, 0.15) is 10.7 Å². The molecule has 2 rings (SSSR count). The molecular weight excluding hydrogens is 301 g/mol. The summed E-state index contributed by atoms with van der Waals surface area (Å²) in [5.74, 6) is -2.40. The maximum Gasteiger partial charge on any atom is 0.335 e. The number of benzene rings is 1. The van der Waals surface area contributed by atoms with Gasteiger partial charge in [0.25, 0.3) is 0 Å². The van der Waals surface area contributed by atoms with Crippen molar-refractivity contribution in [2.75, 3.05) is 6.61 Å². The van der Waals surface area contributed by atoms with E-state index in [0.717, 1.165) is 12.1 Å². The molecule has 2 unspecified atom stereocenters. The van der Waals surface area contributed by atoms with Crippen LogP contribution in [0.2, 0.25) is 0 Å². The first-order valence-electron chi connectivity index (χ1n) is 6.46. The summed E-state index contributed by atoms with van der Waals surface area (Å²) in [6.45, 7) is 2.28. The highest BCUT2D eigenvalue weighted by molar-refractivity contribution is 7.89. The molecule has 1 aliphatic rings. The molecule has 116 valence electrons. The van der Waals surface area contributed by atoms with Gasteiger partial charge in [-0.2, -0.15) is 0 Å². The first kappa shape index (κ1) is 15.9. The van der Waals surface area contributed by atoms with Gasteiger partial charge in [-0.25, -0.2) is 22.3 Å².